The number of rotatable bonds is 5. The van der Waals surface area contributed by atoms with Crippen molar-refractivity contribution in [3.63, 3.8) is 0 Å². The number of hydrogen-bond donors (Lipinski definition) is 0. The van der Waals surface area contributed by atoms with Crippen LogP contribution in [0, 0.1) is 5.92 Å². The van der Waals surface area contributed by atoms with E-state index in [1.165, 1.54) is 0 Å². The predicted molar refractivity (Wildman–Crippen MR) is 118 cm³/mol. The van der Waals surface area contributed by atoms with Gasteiger partial charge in [-0.05, 0) is 48.5 Å². The lowest BCUT2D eigenvalue weighted by Crippen LogP contribution is -2.45. The fourth-order valence-corrected chi connectivity index (χ4v) is 4.27. The molecule has 2 saturated heterocycles. The molecular formula is C25H34O7. The van der Waals surface area contributed by atoms with E-state index in [-0.39, 0.29) is 18.3 Å². The molecule has 3 aliphatic rings. The van der Waals surface area contributed by atoms with Crippen molar-refractivity contribution in [3.8, 4) is 0 Å². The second-order valence-electron chi connectivity index (χ2n) is 9.46. The molecule has 0 aromatic heterocycles. The zero-order valence-electron chi connectivity index (χ0n) is 20.0. The molecule has 0 bridgehead atoms. The van der Waals surface area contributed by atoms with Crippen molar-refractivity contribution >= 4 is 17.7 Å². The normalized spacial score (nSPS) is 39.3. The Morgan fingerprint density at radius 3 is 2.12 bits per heavy atom. The monoisotopic (exact) mass is 446 g/mol. The summed E-state index contributed by atoms with van der Waals surface area (Å²) in [6, 6.07) is 0. The summed E-state index contributed by atoms with van der Waals surface area (Å²) >= 11 is 0. The van der Waals surface area contributed by atoms with Crippen molar-refractivity contribution in [1.29, 1.82) is 0 Å². The van der Waals surface area contributed by atoms with Gasteiger partial charge in [0.15, 0.2) is 5.78 Å². The number of carbonyl (C=O) groups is 3. The maximum absolute atomic E-state index is 13.1. The van der Waals surface area contributed by atoms with Gasteiger partial charge in [0, 0.05) is 29.9 Å². The van der Waals surface area contributed by atoms with Crippen LogP contribution < -0.4 is 0 Å². The molecule has 0 aromatic rings. The zero-order chi connectivity index (χ0) is 24.0. The minimum atomic E-state index is -0.958. The minimum Gasteiger partial charge on any atom is -0.456 e. The molecule has 176 valence electrons. The van der Waals surface area contributed by atoms with Crippen LogP contribution >= 0.6 is 0 Å². The van der Waals surface area contributed by atoms with Crippen LogP contribution in [0.2, 0.25) is 0 Å². The quantitative estimate of drug-likeness (QED) is 0.275. The Morgan fingerprint density at radius 2 is 1.59 bits per heavy atom. The van der Waals surface area contributed by atoms with E-state index in [0.717, 1.165) is 0 Å². The third-order valence-corrected chi connectivity index (χ3v) is 7.19. The molecular weight excluding hydrogens is 412 g/mol. The van der Waals surface area contributed by atoms with Gasteiger partial charge in [0.05, 0.1) is 6.10 Å². The summed E-state index contributed by atoms with van der Waals surface area (Å²) in [6.45, 7) is 16.3. The molecule has 0 N–H and O–H groups in total. The largest absolute Gasteiger partial charge is 0.456 e. The number of ketones is 1. The van der Waals surface area contributed by atoms with Crippen LogP contribution in [0.3, 0.4) is 0 Å². The maximum Gasteiger partial charge on any atom is 0.333 e. The third kappa shape index (κ3) is 4.33. The Balaban J connectivity index is 1.99. The van der Waals surface area contributed by atoms with Gasteiger partial charge in [-0.2, -0.15) is 0 Å². The molecule has 7 atom stereocenters. The van der Waals surface area contributed by atoms with Gasteiger partial charge >= 0.3 is 11.9 Å². The van der Waals surface area contributed by atoms with Crippen molar-refractivity contribution in [3.05, 3.63) is 35.5 Å². The van der Waals surface area contributed by atoms with Gasteiger partial charge in [-0.3, -0.25) is 4.79 Å². The van der Waals surface area contributed by atoms with Crippen LogP contribution in [0.15, 0.2) is 35.5 Å². The first kappa shape index (κ1) is 24.4. The highest BCUT2D eigenvalue weighted by Gasteiger charge is 2.69. The molecule has 0 radical (unpaired) electrons. The van der Waals surface area contributed by atoms with E-state index >= 15 is 0 Å². The third-order valence-electron chi connectivity index (χ3n) is 7.19. The summed E-state index contributed by atoms with van der Waals surface area (Å²) in [4.78, 5) is 38.4. The Labute approximate surface area is 189 Å². The first-order chi connectivity index (χ1) is 14.9. The van der Waals surface area contributed by atoms with E-state index in [1.54, 1.807) is 46.8 Å². The lowest BCUT2D eigenvalue weighted by molar-refractivity contribution is -0.150. The van der Waals surface area contributed by atoms with Gasteiger partial charge < -0.3 is 18.9 Å². The fourth-order valence-electron chi connectivity index (χ4n) is 4.27. The zero-order valence-corrected chi connectivity index (χ0v) is 20.0. The molecule has 2 aliphatic heterocycles. The van der Waals surface area contributed by atoms with E-state index in [0.29, 0.717) is 23.1 Å². The number of esters is 2. The molecule has 7 heteroatoms. The summed E-state index contributed by atoms with van der Waals surface area (Å²) in [6.07, 6.45) is 1.49. The van der Waals surface area contributed by atoms with Gasteiger partial charge in [-0.15, -0.1) is 0 Å². The van der Waals surface area contributed by atoms with Crippen molar-refractivity contribution in [1.82, 2.24) is 0 Å². The van der Waals surface area contributed by atoms with Crippen LogP contribution in [0.1, 0.15) is 61.3 Å². The number of carbonyl (C=O) groups excluding carboxylic acids is 3. The number of allylic oxidation sites excluding steroid dienone is 2. The average molecular weight is 447 g/mol. The van der Waals surface area contributed by atoms with Crippen LogP contribution in [-0.2, 0) is 33.3 Å². The number of fused-ring (bicyclic) bond motifs is 2. The van der Waals surface area contributed by atoms with Crippen LogP contribution in [0.5, 0.6) is 0 Å². The topological polar surface area (TPSA) is 94.7 Å². The van der Waals surface area contributed by atoms with E-state index in [9.17, 15) is 14.4 Å². The maximum atomic E-state index is 13.1. The summed E-state index contributed by atoms with van der Waals surface area (Å²) in [5.41, 5.74) is -0.184. The molecule has 2 heterocycles. The molecule has 0 amide bonds. The molecule has 1 aliphatic carbocycles. The highest BCUT2D eigenvalue weighted by atomic mass is 16.7. The van der Waals surface area contributed by atoms with Crippen molar-refractivity contribution in [2.75, 3.05) is 0 Å². The Bertz CT molecular complexity index is 900. The lowest BCUT2D eigenvalue weighted by Gasteiger charge is -2.30. The van der Waals surface area contributed by atoms with Crippen LogP contribution in [0.25, 0.3) is 0 Å². The number of ether oxygens (including phenoxy) is 4. The molecule has 1 saturated carbocycles. The van der Waals surface area contributed by atoms with E-state index in [2.05, 4.69) is 6.58 Å². The summed E-state index contributed by atoms with van der Waals surface area (Å²) in [7, 11) is 0. The first-order valence-electron chi connectivity index (χ1n) is 11.1. The number of epoxide rings is 2. The standard InChI is InChI=1S/C25H34O7/c1-9-14(5)22(27)29-18-12-19-24(7,31-19)17(26)11-16(13(3)4)20(21-25(18,8)32-21)30-23(28)15(6)10-2/h9-10,16,18-21H,3,11-12H2,1-2,4-8H3. The SMILES string of the molecule is C=C(C)C1CC(=O)C2(C)OC2CC(OC(=O)C(C)=CC)C2(C)OC2C1OC(=O)C(C)=CC. The van der Waals surface area contributed by atoms with E-state index in [1.807, 2.05) is 13.8 Å². The summed E-state index contributed by atoms with van der Waals surface area (Å²) < 4.78 is 23.6. The predicted octanol–water partition coefficient (Wildman–Crippen LogP) is 3.61. The second-order valence-corrected chi connectivity index (χ2v) is 9.46. The van der Waals surface area contributed by atoms with Gasteiger partial charge in [0.1, 0.15) is 29.5 Å². The number of Topliss-reactive ketones (excluding diaryl/α,β-unsaturated/α-hetero) is 1. The molecule has 7 nitrogen and oxygen atoms in total. The first-order valence-corrected chi connectivity index (χ1v) is 11.1. The molecule has 32 heavy (non-hydrogen) atoms. The molecule has 3 fully saturated rings. The van der Waals surface area contributed by atoms with Gasteiger partial charge in [0.25, 0.3) is 0 Å². The van der Waals surface area contributed by atoms with Crippen molar-refractivity contribution < 1.29 is 33.3 Å². The second kappa shape index (κ2) is 8.60. The minimum absolute atomic E-state index is 0.0849. The highest BCUT2D eigenvalue weighted by Crippen LogP contribution is 2.53. The summed E-state index contributed by atoms with van der Waals surface area (Å²) in [5.74, 6) is -1.46. The molecule has 0 spiro atoms. The van der Waals surface area contributed by atoms with Crippen LogP contribution in [-0.4, -0.2) is 53.3 Å². The summed E-state index contributed by atoms with van der Waals surface area (Å²) in [5, 5.41) is 0. The molecule has 3 rings (SSSR count). The average Bonchev–Trinajstić information content (AvgIpc) is 3.62. The van der Waals surface area contributed by atoms with E-state index < -0.39 is 47.4 Å². The Hall–Kier alpha value is -2.25. The van der Waals surface area contributed by atoms with Crippen LogP contribution in [0.4, 0.5) is 0 Å². The lowest BCUT2D eigenvalue weighted by atomic mass is 9.78. The van der Waals surface area contributed by atoms with Crippen molar-refractivity contribution in [2.24, 2.45) is 5.92 Å². The highest BCUT2D eigenvalue weighted by molar-refractivity contribution is 5.91. The van der Waals surface area contributed by atoms with Gasteiger partial charge in [-0.1, -0.05) is 24.3 Å². The molecule has 0 aromatic carbocycles. The van der Waals surface area contributed by atoms with Gasteiger partial charge in [-0.25, -0.2) is 9.59 Å². The molecule has 7 unspecified atom stereocenters. The smallest absolute Gasteiger partial charge is 0.333 e. The Morgan fingerprint density at radius 1 is 1.03 bits per heavy atom. The van der Waals surface area contributed by atoms with Gasteiger partial charge in [0.2, 0.25) is 0 Å². The number of hydrogen-bond acceptors (Lipinski definition) is 7. The van der Waals surface area contributed by atoms with Crippen molar-refractivity contribution in [2.45, 2.75) is 96.9 Å². The Kier molecular flexibility index (Phi) is 6.55. The van der Waals surface area contributed by atoms with E-state index in [4.69, 9.17) is 18.9 Å². The fraction of sp³-hybridized carbons (Fsp3) is 0.640.